The van der Waals surface area contributed by atoms with Gasteiger partial charge in [-0.2, -0.15) is 0 Å². The van der Waals surface area contributed by atoms with Gasteiger partial charge in [0.2, 0.25) is 6.79 Å². The molecule has 98 valence electrons. The second kappa shape index (κ2) is 4.38. The predicted molar refractivity (Wildman–Crippen MR) is 72.9 cm³/mol. The molecule has 0 radical (unpaired) electrons. The van der Waals surface area contributed by atoms with Crippen LogP contribution in [0.4, 0.5) is 0 Å². The van der Waals surface area contributed by atoms with Gasteiger partial charge in [-0.05, 0) is 12.1 Å². The summed E-state index contributed by atoms with van der Waals surface area (Å²) in [7, 11) is 0. The maximum Gasteiger partial charge on any atom is 0.231 e. The van der Waals surface area contributed by atoms with Crippen molar-refractivity contribution in [2.75, 3.05) is 6.79 Å². The summed E-state index contributed by atoms with van der Waals surface area (Å²) in [5.74, 6) is 1.50. The monoisotopic (exact) mass is 265 g/mol. The molecule has 0 saturated heterocycles. The highest BCUT2D eigenvalue weighted by atomic mass is 16.7. The smallest absolute Gasteiger partial charge is 0.231 e. The topological polar surface area (TPSA) is 49.2 Å². The fraction of sp³-hybridized carbons (Fsp3) is 0.0667. The zero-order valence-electron chi connectivity index (χ0n) is 10.6. The van der Waals surface area contributed by atoms with Crippen LogP contribution in [0.2, 0.25) is 0 Å². The molecule has 0 saturated carbocycles. The molecule has 2 heterocycles. The molecule has 4 rings (SSSR count). The molecule has 1 aromatic heterocycles. The van der Waals surface area contributed by atoms with Crippen LogP contribution in [0.15, 0.2) is 54.7 Å². The minimum atomic E-state index is 0.269. The van der Waals surface area contributed by atoms with Crippen LogP contribution in [0.3, 0.4) is 0 Å². The lowest BCUT2D eigenvalue weighted by molar-refractivity contribution is 0.174. The van der Waals surface area contributed by atoms with Crippen molar-refractivity contribution in [3.63, 3.8) is 0 Å². The average Bonchev–Trinajstić information content (AvgIpc) is 3.16. The van der Waals surface area contributed by atoms with Crippen molar-refractivity contribution in [2.24, 2.45) is 0 Å². The van der Waals surface area contributed by atoms with E-state index in [9.17, 15) is 0 Å². The summed E-state index contributed by atoms with van der Waals surface area (Å²) in [5.41, 5.74) is 2.77. The number of benzene rings is 2. The Morgan fingerprint density at radius 2 is 1.80 bits per heavy atom. The van der Waals surface area contributed by atoms with Crippen molar-refractivity contribution in [2.45, 2.75) is 0 Å². The molecule has 0 atom stereocenters. The van der Waals surface area contributed by atoms with Crippen LogP contribution in [-0.4, -0.2) is 21.8 Å². The summed E-state index contributed by atoms with van der Waals surface area (Å²) in [4.78, 5) is 0. The van der Waals surface area contributed by atoms with Crippen LogP contribution in [0.25, 0.3) is 16.9 Å². The van der Waals surface area contributed by atoms with E-state index in [0.717, 1.165) is 28.4 Å². The SMILES string of the molecule is c1ccc(-c2cn(-c3ccc4c(c3)OCO4)nn2)cc1. The highest BCUT2D eigenvalue weighted by Gasteiger charge is 2.14. The van der Waals surface area contributed by atoms with Gasteiger partial charge in [0.05, 0.1) is 11.9 Å². The van der Waals surface area contributed by atoms with Gasteiger partial charge in [0, 0.05) is 11.6 Å². The first-order valence-corrected chi connectivity index (χ1v) is 6.28. The molecule has 1 aliphatic rings. The fourth-order valence-corrected chi connectivity index (χ4v) is 2.16. The first kappa shape index (κ1) is 11.0. The van der Waals surface area contributed by atoms with Gasteiger partial charge in [0.15, 0.2) is 11.5 Å². The number of aromatic nitrogens is 3. The number of nitrogens with zero attached hydrogens (tertiary/aromatic N) is 3. The largest absolute Gasteiger partial charge is 0.454 e. The molecule has 0 N–H and O–H groups in total. The standard InChI is InChI=1S/C15H11N3O2/c1-2-4-11(5-3-1)13-9-18(17-16-13)12-6-7-14-15(8-12)20-10-19-14/h1-9H,10H2. The van der Waals surface area contributed by atoms with Gasteiger partial charge in [-0.1, -0.05) is 35.5 Å². The zero-order chi connectivity index (χ0) is 13.4. The van der Waals surface area contributed by atoms with Gasteiger partial charge >= 0.3 is 0 Å². The number of rotatable bonds is 2. The Morgan fingerprint density at radius 1 is 0.950 bits per heavy atom. The van der Waals surface area contributed by atoms with Crippen LogP contribution in [0.5, 0.6) is 11.5 Å². The Morgan fingerprint density at radius 3 is 2.70 bits per heavy atom. The third-order valence-electron chi connectivity index (χ3n) is 3.18. The summed E-state index contributed by atoms with van der Waals surface area (Å²) >= 11 is 0. The lowest BCUT2D eigenvalue weighted by Gasteiger charge is -2.01. The molecule has 20 heavy (non-hydrogen) atoms. The number of hydrogen-bond acceptors (Lipinski definition) is 4. The Kier molecular flexibility index (Phi) is 2.42. The molecule has 5 nitrogen and oxygen atoms in total. The third kappa shape index (κ3) is 1.80. The quantitative estimate of drug-likeness (QED) is 0.714. The molecular formula is C15H11N3O2. The molecule has 5 heteroatoms. The molecule has 0 fully saturated rings. The van der Waals surface area contributed by atoms with E-state index in [2.05, 4.69) is 10.3 Å². The summed E-state index contributed by atoms with van der Waals surface area (Å²) in [6.45, 7) is 0.269. The zero-order valence-corrected chi connectivity index (χ0v) is 10.6. The first-order valence-electron chi connectivity index (χ1n) is 6.28. The molecule has 1 aliphatic heterocycles. The molecule has 0 spiro atoms. The van der Waals surface area contributed by atoms with Crippen LogP contribution >= 0.6 is 0 Å². The lowest BCUT2D eigenvalue weighted by Crippen LogP contribution is -1.94. The minimum Gasteiger partial charge on any atom is -0.454 e. The lowest BCUT2D eigenvalue weighted by atomic mass is 10.2. The highest BCUT2D eigenvalue weighted by Crippen LogP contribution is 2.33. The second-order valence-electron chi connectivity index (χ2n) is 4.45. The van der Waals surface area contributed by atoms with Crippen molar-refractivity contribution in [3.05, 3.63) is 54.7 Å². The average molecular weight is 265 g/mol. The molecule has 3 aromatic rings. The Bertz CT molecular complexity index is 753. The van der Waals surface area contributed by atoms with Gasteiger partial charge in [-0.25, -0.2) is 4.68 Å². The van der Waals surface area contributed by atoms with Crippen LogP contribution in [-0.2, 0) is 0 Å². The van der Waals surface area contributed by atoms with Gasteiger partial charge in [0.25, 0.3) is 0 Å². The van der Waals surface area contributed by atoms with E-state index >= 15 is 0 Å². The van der Waals surface area contributed by atoms with E-state index in [4.69, 9.17) is 9.47 Å². The van der Waals surface area contributed by atoms with E-state index < -0.39 is 0 Å². The Labute approximate surface area is 115 Å². The third-order valence-corrected chi connectivity index (χ3v) is 3.18. The van der Waals surface area contributed by atoms with Crippen molar-refractivity contribution >= 4 is 0 Å². The Balaban J connectivity index is 1.72. The van der Waals surface area contributed by atoms with Crippen molar-refractivity contribution in [3.8, 4) is 28.4 Å². The minimum absolute atomic E-state index is 0.269. The van der Waals surface area contributed by atoms with Crippen molar-refractivity contribution < 1.29 is 9.47 Å². The summed E-state index contributed by atoms with van der Waals surface area (Å²) in [6.07, 6.45) is 1.90. The fourth-order valence-electron chi connectivity index (χ4n) is 2.16. The second-order valence-corrected chi connectivity index (χ2v) is 4.45. The van der Waals surface area contributed by atoms with Gasteiger partial charge < -0.3 is 9.47 Å². The summed E-state index contributed by atoms with van der Waals surface area (Å²) in [6, 6.07) is 15.7. The molecule has 0 bridgehead atoms. The van der Waals surface area contributed by atoms with Crippen molar-refractivity contribution in [1.82, 2.24) is 15.0 Å². The van der Waals surface area contributed by atoms with Crippen LogP contribution < -0.4 is 9.47 Å². The van der Waals surface area contributed by atoms with E-state index in [0.29, 0.717) is 0 Å². The molecule has 2 aromatic carbocycles. The summed E-state index contributed by atoms with van der Waals surface area (Å²) in [5, 5.41) is 8.36. The molecule has 0 aliphatic carbocycles. The normalized spacial score (nSPS) is 12.6. The highest BCUT2D eigenvalue weighted by molar-refractivity contribution is 5.58. The van der Waals surface area contributed by atoms with E-state index in [-0.39, 0.29) is 6.79 Å². The van der Waals surface area contributed by atoms with E-state index in [1.54, 1.807) is 4.68 Å². The van der Waals surface area contributed by atoms with Gasteiger partial charge in [0.1, 0.15) is 5.69 Å². The van der Waals surface area contributed by atoms with Gasteiger partial charge in [-0.3, -0.25) is 0 Å². The van der Waals surface area contributed by atoms with Crippen LogP contribution in [0, 0.1) is 0 Å². The van der Waals surface area contributed by atoms with Crippen molar-refractivity contribution in [1.29, 1.82) is 0 Å². The van der Waals surface area contributed by atoms with E-state index in [1.807, 2.05) is 54.7 Å². The predicted octanol–water partition coefficient (Wildman–Crippen LogP) is 2.66. The maximum atomic E-state index is 5.37. The Hall–Kier alpha value is -2.82. The molecule has 0 amide bonds. The first-order chi connectivity index (χ1) is 9.90. The summed E-state index contributed by atoms with van der Waals surface area (Å²) < 4.78 is 12.4. The van der Waals surface area contributed by atoms with Crippen LogP contribution in [0.1, 0.15) is 0 Å². The number of ether oxygens (including phenoxy) is 2. The van der Waals surface area contributed by atoms with E-state index in [1.165, 1.54) is 0 Å². The molecular weight excluding hydrogens is 254 g/mol. The maximum absolute atomic E-state index is 5.37. The molecule has 0 unspecified atom stereocenters. The van der Waals surface area contributed by atoms with Gasteiger partial charge in [-0.15, -0.1) is 5.10 Å². The number of hydrogen-bond donors (Lipinski definition) is 0. The number of fused-ring (bicyclic) bond motifs is 1.